The third-order valence-electron chi connectivity index (χ3n) is 3.39. The minimum atomic E-state index is -0.583. The Morgan fingerprint density at radius 1 is 1.35 bits per heavy atom. The Kier molecular flexibility index (Phi) is 4.67. The van der Waals surface area contributed by atoms with Crippen LogP contribution in [0.2, 0.25) is 0 Å². The van der Waals surface area contributed by atoms with Crippen molar-refractivity contribution in [3.63, 3.8) is 0 Å². The highest BCUT2D eigenvalue weighted by Crippen LogP contribution is 2.20. The molecule has 1 aliphatic rings. The first-order valence-corrected chi connectivity index (χ1v) is 7.38. The fourth-order valence-electron chi connectivity index (χ4n) is 2.35. The van der Waals surface area contributed by atoms with Gasteiger partial charge in [0.05, 0.1) is 0 Å². The molecule has 0 aliphatic carbocycles. The second kappa shape index (κ2) is 6.35. The van der Waals surface area contributed by atoms with E-state index in [9.17, 15) is 14.9 Å². The number of piperazine rings is 1. The van der Waals surface area contributed by atoms with Crippen molar-refractivity contribution >= 4 is 17.7 Å². The molecule has 1 aromatic heterocycles. The maximum atomic E-state index is 12.1. The summed E-state index contributed by atoms with van der Waals surface area (Å²) in [7, 11) is 0. The van der Waals surface area contributed by atoms with E-state index in [-0.39, 0.29) is 18.0 Å². The highest BCUT2D eigenvalue weighted by Gasteiger charge is 2.31. The zero-order chi connectivity index (χ0) is 17.2. The smallest absolute Gasteiger partial charge is 0.410 e. The monoisotopic (exact) mass is 323 g/mol. The zero-order valence-corrected chi connectivity index (χ0v) is 13.7. The quantitative estimate of drug-likeness (QED) is 0.604. The Bertz CT molecular complexity index is 584. The van der Waals surface area contributed by atoms with Gasteiger partial charge in [-0.2, -0.15) is 0 Å². The highest BCUT2D eigenvalue weighted by atomic mass is 16.6. The number of hydrogen-bond donors (Lipinski definition) is 0. The van der Waals surface area contributed by atoms with E-state index < -0.39 is 10.5 Å². The molecule has 1 fully saturated rings. The molecule has 9 nitrogen and oxygen atoms in total. The first-order chi connectivity index (χ1) is 10.7. The van der Waals surface area contributed by atoms with Gasteiger partial charge >= 0.3 is 11.9 Å². The molecule has 23 heavy (non-hydrogen) atoms. The topological polar surface area (TPSA) is 102 Å². The maximum absolute atomic E-state index is 12.1. The van der Waals surface area contributed by atoms with E-state index in [0.717, 1.165) is 6.20 Å². The number of aromatic nitrogens is 2. The lowest BCUT2D eigenvalue weighted by atomic mass is 10.2. The van der Waals surface area contributed by atoms with Gasteiger partial charge in [-0.25, -0.2) is 9.78 Å². The van der Waals surface area contributed by atoms with Crippen molar-refractivity contribution in [2.75, 3.05) is 24.5 Å². The maximum Gasteiger partial charge on any atom is 0.410 e. The van der Waals surface area contributed by atoms with Crippen molar-refractivity contribution in [2.24, 2.45) is 0 Å². The van der Waals surface area contributed by atoms with Gasteiger partial charge in [-0.3, -0.25) is 0 Å². The van der Waals surface area contributed by atoms with Crippen LogP contribution in [0.1, 0.15) is 27.7 Å². The molecule has 1 aliphatic heterocycles. The number of carbonyl (C=O) groups is 1. The Labute approximate surface area is 134 Å². The minimum absolute atomic E-state index is 0.00650. The molecule has 0 saturated carbocycles. The second-order valence-electron chi connectivity index (χ2n) is 6.46. The predicted molar refractivity (Wildman–Crippen MR) is 83.3 cm³/mol. The summed E-state index contributed by atoms with van der Waals surface area (Å²) in [6.45, 7) is 9.00. The van der Waals surface area contributed by atoms with Gasteiger partial charge in [0.15, 0.2) is 12.0 Å². The molecule has 1 unspecified atom stereocenters. The number of rotatable bonds is 2. The van der Waals surface area contributed by atoms with Gasteiger partial charge in [0.25, 0.3) is 0 Å². The average molecular weight is 323 g/mol. The number of hydrogen-bond acceptors (Lipinski definition) is 7. The largest absolute Gasteiger partial charge is 0.444 e. The molecular weight excluding hydrogens is 302 g/mol. The molecular formula is C14H21N5O4. The van der Waals surface area contributed by atoms with Crippen LogP contribution >= 0.6 is 0 Å². The van der Waals surface area contributed by atoms with E-state index in [1.54, 1.807) is 4.90 Å². The Hall–Kier alpha value is -2.45. The van der Waals surface area contributed by atoms with E-state index in [0.29, 0.717) is 25.5 Å². The summed E-state index contributed by atoms with van der Waals surface area (Å²) in [5, 5.41) is 10.6. The lowest BCUT2D eigenvalue weighted by Crippen LogP contribution is -2.54. The van der Waals surface area contributed by atoms with Crippen molar-refractivity contribution in [3.05, 3.63) is 22.5 Å². The number of nitrogens with zero attached hydrogens (tertiary/aromatic N) is 5. The summed E-state index contributed by atoms with van der Waals surface area (Å²) >= 11 is 0. The van der Waals surface area contributed by atoms with E-state index in [1.165, 1.54) is 6.20 Å². The Balaban J connectivity index is 2.01. The van der Waals surface area contributed by atoms with Crippen molar-refractivity contribution in [2.45, 2.75) is 39.3 Å². The molecule has 1 aromatic rings. The van der Waals surface area contributed by atoms with Gasteiger partial charge in [-0.05, 0) is 37.6 Å². The van der Waals surface area contributed by atoms with Crippen LogP contribution in [0.25, 0.3) is 0 Å². The van der Waals surface area contributed by atoms with E-state index >= 15 is 0 Å². The van der Waals surface area contributed by atoms with Gasteiger partial charge in [0.2, 0.25) is 0 Å². The van der Waals surface area contributed by atoms with Crippen molar-refractivity contribution < 1.29 is 14.5 Å². The summed E-state index contributed by atoms with van der Waals surface area (Å²) in [5.41, 5.74) is -0.526. The molecule has 2 heterocycles. The zero-order valence-electron chi connectivity index (χ0n) is 13.7. The number of amides is 1. The van der Waals surface area contributed by atoms with Crippen molar-refractivity contribution in [3.8, 4) is 0 Å². The lowest BCUT2D eigenvalue weighted by molar-refractivity contribution is -0.389. The molecule has 1 saturated heterocycles. The van der Waals surface area contributed by atoms with E-state index in [1.807, 2.05) is 32.6 Å². The number of carbonyl (C=O) groups excluding carboxylic acids is 1. The van der Waals surface area contributed by atoms with E-state index in [2.05, 4.69) is 9.97 Å². The van der Waals surface area contributed by atoms with Crippen LogP contribution in [-0.2, 0) is 4.74 Å². The fraction of sp³-hybridized carbons (Fsp3) is 0.643. The van der Waals surface area contributed by atoms with Crippen LogP contribution in [0.5, 0.6) is 0 Å². The summed E-state index contributed by atoms with van der Waals surface area (Å²) in [4.78, 5) is 33.6. The average Bonchev–Trinajstić information content (AvgIpc) is 2.45. The second-order valence-corrected chi connectivity index (χ2v) is 6.46. The minimum Gasteiger partial charge on any atom is -0.444 e. The number of ether oxygens (including phenoxy) is 1. The Morgan fingerprint density at radius 2 is 2.04 bits per heavy atom. The summed E-state index contributed by atoms with van der Waals surface area (Å²) in [5.74, 6) is 0.278. The van der Waals surface area contributed by atoms with Gasteiger partial charge in [-0.15, -0.1) is 0 Å². The standard InChI is InChI=1S/C14H21N5O4/c1-10-9-17(13(20)23-14(2,3)4)5-6-18(10)11-7-16-12(8-15-11)19(21)22/h7-8,10H,5-6,9H2,1-4H3. The first kappa shape index (κ1) is 16.9. The third kappa shape index (κ3) is 4.27. The molecule has 0 bridgehead atoms. The van der Waals surface area contributed by atoms with Crippen LogP contribution in [0, 0.1) is 10.1 Å². The van der Waals surface area contributed by atoms with Crippen LogP contribution in [0.3, 0.4) is 0 Å². The van der Waals surface area contributed by atoms with Crippen molar-refractivity contribution in [1.29, 1.82) is 0 Å². The van der Waals surface area contributed by atoms with Gasteiger partial charge in [0.1, 0.15) is 11.8 Å². The summed E-state index contributed by atoms with van der Waals surface area (Å²) < 4.78 is 5.37. The lowest BCUT2D eigenvalue weighted by Gasteiger charge is -2.40. The molecule has 1 atom stereocenters. The van der Waals surface area contributed by atoms with Crippen LogP contribution in [0.15, 0.2) is 12.4 Å². The normalized spacial score (nSPS) is 18.7. The molecule has 0 N–H and O–H groups in total. The molecule has 0 spiro atoms. The van der Waals surface area contributed by atoms with Gasteiger partial charge < -0.3 is 24.7 Å². The number of anilines is 1. The first-order valence-electron chi connectivity index (χ1n) is 7.38. The van der Waals surface area contributed by atoms with Crippen LogP contribution < -0.4 is 4.90 Å². The van der Waals surface area contributed by atoms with E-state index in [4.69, 9.17) is 4.74 Å². The summed E-state index contributed by atoms with van der Waals surface area (Å²) in [6.07, 6.45) is 2.19. The molecule has 0 aromatic carbocycles. The van der Waals surface area contributed by atoms with Crippen LogP contribution in [-0.4, -0.2) is 57.2 Å². The molecule has 1 amide bonds. The number of nitro groups is 1. The van der Waals surface area contributed by atoms with Gasteiger partial charge in [-0.1, -0.05) is 0 Å². The molecule has 2 rings (SSSR count). The molecule has 126 valence electrons. The summed E-state index contributed by atoms with van der Waals surface area (Å²) in [6, 6.07) is 0.00650. The molecule has 9 heteroatoms. The third-order valence-corrected chi connectivity index (χ3v) is 3.39. The SMILES string of the molecule is CC1CN(C(=O)OC(C)(C)C)CCN1c1cnc([N+](=O)[O-])cn1. The Morgan fingerprint density at radius 3 is 2.52 bits per heavy atom. The predicted octanol–water partition coefficient (Wildman–Crippen LogP) is 1.83. The molecule has 0 radical (unpaired) electrons. The highest BCUT2D eigenvalue weighted by molar-refractivity contribution is 5.68. The van der Waals surface area contributed by atoms with Gasteiger partial charge in [0, 0.05) is 25.7 Å². The van der Waals surface area contributed by atoms with Crippen LogP contribution in [0.4, 0.5) is 16.4 Å². The fourth-order valence-corrected chi connectivity index (χ4v) is 2.35. The van der Waals surface area contributed by atoms with Crippen molar-refractivity contribution in [1.82, 2.24) is 14.9 Å².